The van der Waals surface area contributed by atoms with Crippen molar-refractivity contribution in [2.75, 3.05) is 19.7 Å². The van der Waals surface area contributed by atoms with Crippen LogP contribution in [0, 0.1) is 0 Å². The molecule has 0 radical (unpaired) electrons. The smallest absolute Gasteiger partial charge is 0.314 e. The van der Waals surface area contributed by atoms with Crippen molar-refractivity contribution in [3.8, 4) is 0 Å². The van der Waals surface area contributed by atoms with Crippen molar-refractivity contribution in [3.05, 3.63) is 18.2 Å². The third-order valence-electron chi connectivity index (χ3n) is 3.58. The molecule has 2 amide bonds. The minimum Gasteiger partial charge on any atom is -0.378 e. The summed E-state index contributed by atoms with van der Waals surface area (Å²) < 4.78 is 7.58. The average Bonchev–Trinajstić information content (AvgIpc) is 2.86. The van der Waals surface area contributed by atoms with Gasteiger partial charge in [-0.3, -0.25) is 0 Å². The first kappa shape index (κ1) is 14.8. The zero-order valence-electron chi connectivity index (χ0n) is 12.1. The van der Waals surface area contributed by atoms with Crippen molar-refractivity contribution in [3.63, 3.8) is 0 Å². The van der Waals surface area contributed by atoms with Crippen molar-refractivity contribution in [1.82, 2.24) is 20.2 Å². The maximum absolute atomic E-state index is 11.6. The SMILES string of the molecule is Cn1ccnc1CCNC(=O)NCC[C@H]1CCCCO1. The number of amides is 2. The number of imidazole rings is 1. The molecule has 0 aromatic carbocycles. The molecule has 1 atom stereocenters. The van der Waals surface area contributed by atoms with Crippen LogP contribution >= 0.6 is 0 Å². The molecule has 2 rings (SSSR count). The summed E-state index contributed by atoms with van der Waals surface area (Å²) in [6.45, 7) is 2.12. The molecule has 0 saturated carbocycles. The van der Waals surface area contributed by atoms with Crippen LogP contribution in [0.5, 0.6) is 0 Å². The number of carbonyl (C=O) groups is 1. The number of urea groups is 1. The van der Waals surface area contributed by atoms with Gasteiger partial charge < -0.3 is 19.9 Å². The number of carbonyl (C=O) groups excluding carboxylic acids is 1. The first-order valence-electron chi connectivity index (χ1n) is 7.35. The maximum Gasteiger partial charge on any atom is 0.314 e. The van der Waals surface area contributed by atoms with Gasteiger partial charge in [0, 0.05) is 45.6 Å². The predicted octanol–water partition coefficient (Wildman–Crippen LogP) is 1.22. The molecule has 6 heteroatoms. The van der Waals surface area contributed by atoms with Gasteiger partial charge in [0.1, 0.15) is 5.82 Å². The van der Waals surface area contributed by atoms with E-state index in [1.54, 1.807) is 6.20 Å². The highest BCUT2D eigenvalue weighted by molar-refractivity contribution is 5.73. The van der Waals surface area contributed by atoms with Gasteiger partial charge in [-0.05, 0) is 25.7 Å². The highest BCUT2D eigenvalue weighted by atomic mass is 16.5. The number of ether oxygens (including phenoxy) is 1. The Kier molecular flexibility index (Phi) is 5.86. The second-order valence-corrected chi connectivity index (χ2v) is 5.16. The summed E-state index contributed by atoms with van der Waals surface area (Å²) in [5.41, 5.74) is 0. The van der Waals surface area contributed by atoms with Gasteiger partial charge in [0.2, 0.25) is 0 Å². The highest BCUT2D eigenvalue weighted by Gasteiger charge is 2.13. The third-order valence-corrected chi connectivity index (χ3v) is 3.58. The lowest BCUT2D eigenvalue weighted by Gasteiger charge is -2.22. The third kappa shape index (κ3) is 4.85. The molecule has 1 saturated heterocycles. The van der Waals surface area contributed by atoms with Crippen molar-refractivity contribution in [1.29, 1.82) is 0 Å². The van der Waals surface area contributed by atoms with Crippen LogP contribution in [-0.2, 0) is 18.2 Å². The summed E-state index contributed by atoms with van der Waals surface area (Å²) in [5.74, 6) is 0.973. The number of nitrogens with zero attached hydrogens (tertiary/aromatic N) is 2. The van der Waals surface area contributed by atoms with Crippen LogP contribution in [0.2, 0.25) is 0 Å². The summed E-state index contributed by atoms with van der Waals surface area (Å²) in [4.78, 5) is 15.8. The Morgan fingerprint density at radius 3 is 3.00 bits per heavy atom. The Morgan fingerprint density at radius 2 is 2.30 bits per heavy atom. The van der Waals surface area contributed by atoms with E-state index >= 15 is 0 Å². The Balaban J connectivity index is 1.53. The average molecular weight is 280 g/mol. The lowest BCUT2D eigenvalue weighted by atomic mass is 10.1. The lowest BCUT2D eigenvalue weighted by molar-refractivity contribution is 0.0120. The number of aryl methyl sites for hydroxylation is 1. The Hall–Kier alpha value is -1.56. The van der Waals surface area contributed by atoms with Crippen LogP contribution in [0.3, 0.4) is 0 Å². The largest absolute Gasteiger partial charge is 0.378 e. The lowest BCUT2D eigenvalue weighted by Crippen LogP contribution is -2.38. The minimum atomic E-state index is -0.116. The van der Waals surface area contributed by atoms with Crippen LogP contribution in [-0.4, -0.2) is 41.4 Å². The molecule has 112 valence electrons. The Morgan fingerprint density at radius 1 is 1.45 bits per heavy atom. The van der Waals surface area contributed by atoms with Crippen LogP contribution in [0.25, 0.3) is 0 Å². The minimum absolute atomic E-state index is 0.116. The summed E-state index contributed by atoms with van der Waals surface area (Å²) >= 11 is 0. The number of nitrogens with one attached hydrogen (secondary N) is 2. The number of hydrogen-bond donors (Lipinski definition) is 2. The molecule has 6 nitrogen and oxygen atoms in total. The van der Waals surface area contributed by atoms with E-state index in [-0.39, 0.29) is 6.03 Å². The van der Waals surface area contributed by atoms with Gasteiger partial charge in [-0.25, -0.2) is 9.78 Å². The van der Waals surface area contributed by atoms with E-state index in [2.05, 4.69) is 15.6 Å². The molecule has 0 spiro atoms. The van der Waals surface area contributed by atoms with E-state index in [4.69, 9.17) is 4.74 Å². The standard InChI is InChI=1S/C14H24N4O2/c1-18-10-9-15-13(18)6-8-17-14(19)16-7-5-12-4-2-3-11-20-12/h9-10,12H,2-8,11H2,1H3,(H2,16,17,19)/t12-/m1/s1. The first-order chi connectivity index (χ1) is 9.75. The molecule has 1 aliphatic heterocycles. The van der Waals surface area contributed by atoms with Crippen LogP contribution in [0.15, 0.2) is 12.4 Å². The van der Waals surface area contributed by atoms with Crippen molar-refractivity contribution < 1.29 is 9.53 Å². The summed E-state index contributed by atoms with van der Waals surface area (Å²) in [7, 11) is 1.95. The van der Waals surface area contributed by atoms with Gasteiger partial charge in [0.05, 0.1) is 6.10 Å². The fourth-order valence-electron chi connectivity index (χ4n) is 2.37. The monoisotopic (exact) mass is 280 g/mol. The van der Waals surface area contributed by atoms with E-state index < -0.39 is 0 Å². The normalized spacial score (nSPS) is 18.8. The topological polar surface area (TPSA) is 68.2 Å². The molecule has 0 unspecified atom stereocenters. The van der Waals surface area contributed by atoms with Crippen LogP contribution < -0.4 is 10.6 Å². The second-order valence-electron chi connectivity index (χ2n) is 5.16. The number of aromatic nitrogens is 2. The fourth-order valence-corrected chi connectivity index (χ4v) is 2.37. The van der Waals surface area contributed by atoms with Gasteiger partial charge in [-0.1, -0.05) is 0 Å². The molecular formula is C14H24N4O2. The molecule has 1 aromatic rings. The molecule has 20 heavy (non-hydrogen) atoms. The van der Waals surface area contributed by atoms with E-state index in [0.29, 0.717) is 19.2 Å². The van der Waals surface area contributed by atoms with Crippen molar-refractivity contribution >= 4 is 6.03 Å². The summed E-state index contributed by atoms with van der Waals surface area (Å²) in [5, 5.41) is 5.71. The predicted molar refractivity (Wildman–Crippen MR) is 76.5 cm³/mol. The zero-order valence-corrected chi connectivity index (χ0v) is 12.1. The molecule has 2 heterocycles. The van der Waals surface area contributed by atoms with Gasteiger partial charge in [-0.15, -0.1) is 0 Å². The first-order valence-corrected chi connectivity index (χ1v) is 7.35. The van der Waals surface area contributed by atoms with Gasteiger partial charge >= 0.3 is 6.03 Å². The highest BCUT2D eigenvalue weighted by Crippen LogP contribution is 2.14. The maximum atomic E-state index is 11.6. The van der Waals surface area contributed by atoms with Gasteiger partial charge in [0.15, 0.2) is 0 Å². The number of hydrogen-bond acceptors (Lipinski definition) is 3. The van der Waals surface area contributed by atoms with Gasteiger partial charge in [0.25, 0.3) is 0 Å². The van der Waals surface area contributed by atoms with E-state index in [0.717, 1.165) is 38.1 Å². The van der Waals surface area contributed by atoms with Crippen molar-refractivity contribution in [2.45, 2.75) is 38.2 Å². The molecule has 1 fully saturated rings. The van der Waals surface area contributed by atoms with Crippen molar-refractivity contribution in [2.24, 2.45) is 7.05 Å². The Bertz CT molecular complexity index is 413. The van der Waals surface area contributed by atoms with E-state index in [1.807, 2.05) is 17.8 Å². The fraction of sp³-hybridized carbons (Fsp3) is 0.714. The van der Waals surface area contributed by atoms with Crippen LogP contribution in [0.1, 0.15) is 31.5 Å². The molecule has 2 N–H and O–H groups in total. The zero-order chi connectivity index (χ0) is 14.2. The molecule has 1 aliphatic rings. The molecule has 1 aromatic heterocycles. The van der Waals surface area contributed by atoms with E-state index in [1.165, 1.54) is 6.42 Å². The van der Waals surface area contributed by atoms with Gasteiger partial charge in [-0.2, -0.15) is 0 Å². The molecular weight excluding hydrogens is 256 g/mol. The van der Waals surface area contributed by atoms with Crippen LogP contribution in [0.4, 0.5) is 4.79 Å². The Labute approximate surface area is 119 Å². The quantitative estimate of drug-likeness (QED) is 0.823. The summed E-state index contributed by atoms with van der Waals surface area (Å²) in [6, 6.07) is -0.116. The second kappa shape index (κ2) is 7.89. The molecule has 0 bridgehead atoms. The molecule has 0 aliphatic carbocycles. The summed E-state index contributed by atoms with van der Waals surface area (Å²) in [6.07, 6.45) is 9.13. The van der Waals surface area contributed by atoms with E-state index in [9.17, 15) is 4.79 Å². The number of rotatable bonds is 6.